The van der Waals surface area contributed by atoms with Crippen LogP contribution in [0.25, 0.3) is 0 Å². The molecule has 0 radical (unpaired) electrons. The summed E-state index contributed by atoms with van der Waals surface area (Å²) in [5, 5.41) is 13.4. The maximum Gasteiger partial charge on any atom is 0.221 e. The molecule has 2 aliphatic heterocycles. The Morgan fingerprint density at radius 2 is 2.12 bits per heavy atom. The molecule has 0 aliphatic carbocycles. The fourth-order valence-electron chi connectivity index (χ4n) is 3.64. The fraction of sp³-hybridized carbons (Fsp3) is 0.778. The molecule has 3 atom stereocenters. The van der Waals surface area contributed by atoms with E-state index in [4.69, 9.17) is 0 Å². The van der Waals surface area contributed by atoms with Crippen LogP contribution in [-0.4, -0.2) is 71.6 Å². The molecule has 6 nitrogen and oxygen atoms in total. The number of fused-ring (bicyclic) bond motifs is 1. The van der Waals surface area contributed by atoms with E-state index in [1.807, 2.05) is 11.8 Å². The van der Waals surface area contributed by atoms with Crippen molar-refractivity contribution in [3.8, 4) is 0 Å². The molecule has 0 aromatic heterocycles. The van der Waals surface area contributed by atoms with E-state index in [2.05, 4.69) is 22.4 Å². The Morgan fingerprint density at radius 3 is 2.88 bits per heavy atom. The predicted octanol–water partition coefficient (Wildman–Crippen LogP) is 0.905. The summed E-state index contributed by atoms with van der Waals surface area (Å²) >= 11 is 0. The lowest BCUT2D eigenvalue weighted by Crippen LogP contribution is -2.52. The lowest BCUT2D eigenvalue weighted by Gasteiger charge is -2.41. The first-order chi connectivity index (χ1) is 11.7. The summed E-state index contributed by atoms with van der Waals surface area (Å²) in [6, 6.07) is 0.0722. The first-order valence-electron chi connectivity index (χ1n) is 9.22. The molecule has 2 heterocycles. The van der Waals surface area contributed by atoms with Gasteiger partial charge in [-0.25, -0.2) is 0 Å². The van der Waals surface area contributed by atoms with Gasteiger partial charge in [-0.2, -0.15) is 0 Å². The number of nitrogens with one attached hydrogen (secondary N) is 1. The van der Waals surface area contributed by atoms with Crippen LogP contribution in [0.2, 0.25) is 0 Å². The lowest BCUT2D eigenvalue weighted by molar-refractivity contribution is -0.122. The van der Waals surface area contributed by atoms with Crippen LogP contribution in [0.1, 0.15) is 45.4 Å². The number of aliphatic hydroxyl groups excluding tert-OH is 1. The summed E-state index contributed by atoms with van der Waals surface area (Å²) in [7, 11) is 0. The Kier molecular flexibility index (Phi) is 7.72. The molecule has 0 spiro atoms. The number of carbonyl (C=O) groups excluding carboxylic acids is 2. The molecule has 2 aliphatic rings. The topological polar surface area (TPSA) is 72.9 Å². The van der Waals surface area contributed by atoms with Crippen molar-refractivity contribution in [2.24, 2.45) is 0 Å². The zero-order chi connectivity index (χ0) is 17.4. The quantitative estimate of drug-likeness (QED) is 0.593. The number of nitrogens with zero attached hydrogens (tertiary/aromatic N) is 2. The van der Waals surface area contributed by atoms with Gasteiger partial charge in [0, 0.05) is 44.7 Å². The van der Waals surface area contributed by atoms with E-state index in [1.165, 1.54) is 0 Å². The highest BCUT2D eigenvalue weighted by Gasteiger charge is 2.32. The van der Waals surface area contributed by atoms with Gasteiger partial charge >= 0.3 is 0 Å². The molecular formula is C18H31N3O3. The average molecular weight is 337 g/mol. The van der Waals surface area contributed by atoms with Crippen LogP contribution in [-0.2, 0) is 9.59 Å². The smallest absolute Gasteiger partial charge is 0.221 e. The van der Waals surface area contributed by atoms with E-state index >= 15 is 0 Å². The van der Waals surface area contributed by atoms with Crippen LogP contribution in [0.5, 0.6) is 0 Å². The first-order valence-corrected chi connectivity index (χ1v) is 9.22. The Hall–Kier alpha value is -1.40. The summed E-state index contributed by atoms with van der Waals surface area (Å²) in [6.45, 7) is 4.90. The summed E-state index contributed by atoms with van der Waals surface area (Å²) in [4.78, 5) is 27.5. The monoisotopic (exact) mass is 337 g/mol. The Bertz CT molecular complexity index is 441. The zero-order valence-corrected chi connectivity index (χ0v) is 14.7. The number of amides is 2. The highest BCUT2D eigenvalue weighted by molar-refractivity contribution is 5.76. The maximum atomic E-state index is 12.2. The molecule has 1 fully saturated rings. The number of hydrogen-bond donors (Lipinski definition) is 2. The van der Waals surface area contributed by atoms with E-state index in [0.717, 1.165) is 51.7 Å². The zero-order valence-electron chi connectivity index (χ0n) is 14.7. The molecule has 0 saturated carbocycles. The van der Waals surface area contributed by atoms with Crippen molar-refractivity contribution in [1.82, 2.24) is 15.1 Å². The second-order valence-corrected chi connectivity index (χ2v) is 6.77. The van der Waals surface area contributed by atoms with Gasteiger partial charge in [0.25, 0.3) is 0 Å². The van der Waals surface area contributed by atoms with Gasteiger partial charge in [-0.05, 0) is 32.1 Å². The SMILES string of the molecule is CC[C@H](O)[C@@H]1CC=C[C@@H]2CC(=O)NCCCCN(C=O)CCCN21. The third-order valence-corrected chi connectivity index (χ3v) is 5.05. The Morgan fingerprint density at radius 1 is 1.33 bits per heavy atom. The van der Waals surface area contributed by atoms with Gasteiger partial charge in [0.2, 0.25) is 12.3 Å². The van der Waals surface area contributed by atoms with Crippen molar-refractivity contribution in [1.29, 1.82) is 0 Å². The predicted molar refractivity (Wildman–Crippen MR) is 93.5 cm³/mol. The van der Waals surface area contributed by atoms with E-state index in [9.17, 15) is 14.7 Å². The Labute approximate surface area is 144 Å². The number of aliphatic hydroxyl groups is 1. The molecule has 0 bridgehead atoms. The Balaban J connectivity index is 2.11. The third-order valence-electron chi connectivity index (χ3n) is 5.05. The standard InChI is InChI=1S/C18H31N3O3/c1-2-17(23)16-8-5-7-15-13-18(24)19-9-3-4-10-20(14-22)11-6-12-21(15)16/h5,7,14-17,23H,2-4,6,8-13H2,1H3,(H,19,24)/t15-,16+,17+/m1/s1. The van der Waals surface area contributed by atoms with Crippen molar-refractivity contribution < 1.29 is 14.7 Å². The molecule has 2 rings (SSSR count). The third kappa shape index (κ3) is 5.31. The van der Waals surface area contributed by atoms with Crippen molar-refractivity contribution in [2.75, 3.05) is 26.2 Å². The lowest BCUT2D eigenvalue weighted by atomic mass is 9.94. The van der Waals surface area contributed by atoms with Gasteiger partial charge in [-0.15, -0.1) is 0 Å². The molecule has 1 saturated heterocycles. The summed E-state index contributed by atoms with van der Waals surface area (Å²) < 4.78 is 0. The first kappa shape index (κ1) is 18.9. The van der Waals surface area contributed by atoms with Crippen LogP contribution >= 0.6 is 0 Å². The largest absolute Gasteiger partial charge is 0.391 e. The molecule has 2 amide bonds. The van der Waals surface area contributed by atoms with Gasteiger partial charge in [0.15, 0.2) is 0 Å². The maximum absolute atomic E-state index is 12.2. The normalized spacial score (nSPS) is 28.8. The van der Waals surface area contributed by atoms with Crippen LogP contribution in [0.4, 0.5) is 0 Å². The van der Waals surface area contributed by atoms with Crippen molar-refractivity contribution in [3.63, 3.8) is 0 Å². The van der Waals surface area contributed by atoms with Gasteiger partial charge in [-0.1, -0.05) is 19.1 Å². The summed E-state index contributed by atoms with van der Waals surface area (Å²) in [5.74, 6) is 0.0628. The van der Waals surface area contributed by atoms with Crippen molar-refractivity contribution >= 4 is 12.3 Å². The fourth-order valence-corrected chi connectivity index (χ4v) is 3.64. The van der Waals surface area contributed by atoms with Crippen molar-refractivity contribution in [2.45, 2.75) is 63.6 Å². The van der Waals surface area contributed by atoms with E-state index in [1.54, 1.807) is 0 Å². The highest BCUT2D eigenvalue weighted by Crippen LogP contribution is 2.24. The minimum atomic E-state index is -0.390. The van der Waals surface area contributed by atoms with Gasteiger partial charge < -0.3 is 15.3 Å². The van der Waals surface area contributed by atoms with E-state index < -0.39 is 6.10 Å². The molecule has 136 valence electrons. The second-order valence-electron chi connectivity index (χ2n) is 6.77. The number of hydrogen-bond acceptors (Lipinski definition) is 4. The summed E-state index contributed by atoms with van der Waals surface area (Å²) in [5.41, 5.74) is 0. The van der Waals surface area contributed by atoms with Crippen LogP contribution < -0.4 is 5.32 Å². The molecule has 0 aromatic rings. The minimum Gasteiger partial charge on any atom is -0.391 e. The molecule has 24 heavy (non-hydrogen) atoms. The highest BCUT2D eigenvalue weighted by atomic mass is 16.3. The molecule has 6 heteroatoms. The van der Waals surface area contributed by atoms with Crippen LogP contribution in [0.15, 0.2) is 12.2 Å². The number of carbonyl (C=O) groups is 2. The van der Waals surface area contributed by atoms with Gasteiger partial charge in [-0.3, -0.25) is 14.5 Å². The molecule has 2 N–H and O–H groups in total. The average Bonchev–Trinajstić information content (AvgIpc) is 2.61. The van der Waals surface area contributed by atoms with E-state index in [-0.39, 0.29) is 18.0 Å². The summed E-state index contributed by atoms with van der Waals surface area (Å²) in [6.07, 6.45) is 9.31. The molecular weight excluding hydrogens is 306 g/mol. The molecule has 0 unspecified atom stereocenters. The van der Waals surface area contributed by atoms with Crippen LogP contribution in [0, 0.1) is 0 Å². The molecule has 0 aromatic carbocycles. The van der Waals surface area contributed by atoms with E-state index in [0.29, 0.717) is 19.4 Å². The second kappa shape index (κ2) is 9.79. The minimum absolute atomic E-state index is 0.0235. The van der Waals surface area contributed by atoms with Crippen LogP contribution in [0.3, 0.4) is 0 Å². The van der Waals surface area contributed by atoms with Gasteiger partial charge in [0.1, 0.15) is 0 Å². The number of rotatable bonds is 3. The van der Waals surface area contributed by atoms with Gasteiger partial charge in [0.05, 0.1) is 6.10 Å². The van der Waals surface area contributed by atoms with Crippen molar-refractivity contribution in [3.05, 3.63) is 12.2 Å².